The van der Waals surface area contributed by atoms with E-state index in [-0.39, 0.29) is 28.7 Å². The Kier molecular flexibility index (Phi) is 4.43. The summed E-state index contributed by atoms with van der Waals surface area (Å²) < 4.78 is 13.6. The number of benzene rings is 1. The number of halogens is 2. The molecule has 1 aromatic heterocycles. The molecule has 0 spiro atoms. The lowest BCUT2D eigenvalue weighted by molar-refractivity contribution is 0.0939. The lowest BCUT2D eigenvalue weighted by atomic mass is 10.1. The molecule has 2 aromatic rings. The number of anilines is 1. The van der Waals surface area contributed by atoms with Crippen molar-refractivity contribution in [3.8, 4) is 0 Å². The standard InChI is InChI=1S/C15H15ClFN3O/c1-8-3-4-10(5-12(8)17)9(2)19-15(21)11-6-13(16)20-14(18)7-11/h3-7,9H,1-2H3,(H2,18,20)(H,19,21). The summed E-state index contributed by atoms with van der Waals surface area (Å²) in [6.07, 6.45) is 0. The Bertz CT molecular complexity index is 670. The fourth-order valence-corrected chi connectivity index (χ4v) is 2.11. The van der Waals surface area contributed by atoms with E-state index < -0.39 is 0 Å². The van der Waals surface area contributed by atoms with Gasteiger partial charge < -0.3 is 11.1 Å². The number of pyridine rings is 1. The van der Waals surface area contributed by atoms with Crippen molar-refractivity contribution < 1.29 is 9.18 Å². The largest absolute Gasteiger partial charge is 0.384 e. The highest BCUT2D eigenvalue weighted by atomic mass is 35.5. The number of nitrogens with two attached hydrogens (primary N) is 1. The van der Waals surface area contributed by atoms with Crippen molar-refractivity contribution in [3.05, 3.63) is 58.0 Å². The predicted molar refractivity (Wildman–Crippen MR) is 80.7 cm³/mol. The van der Waals surface area contributed by atoms with Crippen LogP contribution in [0.5, 0.6) is 0 Å². The van der Waals surface area contributed by atoms with Gasteiger partial charge in [-0.1, -0.05) is 23.7 Å². The van der Waals surface area contributed by atoms with Crippen LogP contribution < -0.4 is 11.1 Å². The number of carbonyl (C=O) groups excluding carboxylic acids is 1. The SMILES string of the molecule is Cc1ccc(C(C)NC(=O)c2cc(N)nc(Cl)c2)cc1F. The Morgan fingerprint density at radius 1 is 1.38 bits per heavy atom. The lowest BCUT2D eigenvalue weighted by Gasteiger charge is -2.15. The van der Waals surface area contributed by atoms with Gasteiger partial charge in [0.1, 0.15) is 16.8 Å². The zero-order valence-corrected chi connectivity index (χ0v) is 12.4. The smallest absolute Gasteiger partial charge is 0.251 e. The molecule has 110 valence electrons. The van der Waals surface area contributed by atoms with Crippen molar-refractivity contribution in [2.24, 2.45) is 0 Å². The van der Waals surface area contributed by atoms with Crippen LogP contribution in [0.15, 0.2) is 30.3 Å². The van der Waals surface area contributed by atoms with E-state index in [1.165, 1.54) is 18.2 Å². The number of nitrogens with one attached hydrogen (secondary N) is 1. The summed E-state index contributed by atoms with van der Waals surface area (Å²) in [4.78, 5) is 15.9. The number of nitrogen functional groups attached to an aromatic ring is 1. The third-order valence-electron chi connectivity index (χ3n) is 3.12. The third-order valence-corrected chi connectivity index (χ3v) is 3.31. The van der Waals surface area contributed by atoms with Gasteiger partial charge in [-0.05, 0) is 43.2 Å². The fraction of sp³-hybridized carbons (Fsp3) is 0.200. The van der Waals surface area contributed by atoms with Gasteiger partial charge in [0, 0.05) is 5.56 Å². The van der Waals surface area contributed by atoms with Crippen LogP contribution in [-0.2, 0) is 0 Å². The van der Waals surface area contributed by atoms with Gasteiger partial charge in [0.15, 0.2) is 0 Å². The summed E-state index contributed by atoms with van der Waals surface area (Å²) in [6.45, 7) is 3.46. The molecule has 1 aromatic carbocycles. The first-order chi connectivity index (χ1) is 9.86. The molecule has 1 unspecified atom stereocenters. The summed E-state index contributed by atoms with van der Waals surface area (Å²) in [5, 5.41) is 2.91. The molecule has 0 radical (unpaired) electrons. The highest BCUT2D eigenvalue weighted by Gasteiger charge is 2.14. The van der Waals surface area contributed by atoms with E-state index in [2.05, 4.69) is 10.3 Å². The van der Waals surface area contributed by atoms with E-state index in [4.69, 9.17) is 17.3 Å². The van der Waals surface area contributed by atoms with Crippen LogP contribution in [0, 0.1) is 12.7 Å². The molecule has 1 amide bonds. The van der Waals surface area contributed by atoms with Crippen LogP contribution in [0.4, 0.5) is 10.2 Å². The highest BCUT2D eigenvalue weighted by molar-refractivity contribution is 6.29. The number of rotatable bonds is 3. The maximum absolute atomic E-state index is 13.6. The minimum absolute atomic E-state index is 0.147. The first kappa shape index (κ1) is 15.3. The quantitative estimate of drug-likeness (QED) is 0.855. The van der Waals surface area contributed by atoms with Gasteiger partial charge in [-0.25, -0.2) is 9.37 Å². The number of aryl methyl sites for hydroxylation is 1. The molecule has 1 heterocycles. The molecule has 0 aliphatic heterocycles. The van der Waals surface area contributed by atoms with E-state index in [0.717, 1.165) is 0 Å². The number of hydrogen-bond acceptors (Lipinski definition) is 3. The van der Waals surface area contributed by atoms with Crippen LogP contribution in [0.1, 0.15) is 34.5 Å². The Hall–Kier alpha value is -2.14. The Balaban J connectivity index is 2.16. The Labute approximate surface area is 127 Å². The first-order valence-corrected chi connectivity index (χ1v) is 6.74. The molecule has 0 saturated heterocycles. The number of amides is 1. The molecule has 0 fully saturated rings. The van der Waals surface area contributed by atoms with Gasteiger partial charge in [-0.15, -0.1) is 0 Å². The molecule has 2 rings (SSSR count). The van der Waals surface area contributed by atoms with E-state index in [1.54, 1.807) is 26.0 Å². The molecule has 4 nitrogen and oxygen atoms in total. The molecular formula is C15H15ClFN3O. The average molecular weight is 308 g/mol. The second-order valence-corrected chi connectivity index (χ2v) is 5.19. The molecule has 3 N–H and O–H groups in total. The third kappa shape index (κ3) is 3.70. The zero-order valence-electron chi connectivity index (χ0n) is 11.7. The van der Waals surface area contributed by atoms with E-state index in [0.29, 0.717) is 16.7 Å². The second kappa shape index (κ2) is 6.10. The Morgan fingerprint density at radius 3 is 2.71 bits per heavy atom. The first-order valence-electron chi connectivity index (χ1n) is 6.37. The van der Waals surface area contributed by atoms with Gasteiger partial charge in [0.25, 0.3) is 5.91 Å². The molecule has 21 heavy (non-hydrogen) atoms. The normalized spacial score (nSPS) is 12.0. The van der Waals surface area contributed by atoms with Crippen LogP contribution >= 0.6 is 11.6 Å². The van der Waals surface area contributed by atoms with Gasteiger partial charge in [0.05, 0.1) is 6.04 Å². The molecule has 0 aliphatic rings. The topological polar surface area (TPSA) is 68.0 Å². The van der Waals surface area contributed by atoms with E-state index >= 15 is 0 Å². The fourth-order valence-electron chi connectivity index (χ4n) is 1.89. The molecule has 0 aliphatic carbocycles. The molecule has 0 bridgehead atoms. The van der Waals surface area contributed by atoms with Crippen LogP contribution in [0.3, 0.4) is 0 Å². The van der Waals surface area contributed by atoms with E-state index in [1.807, 2.05) is 0 Å². The van der Waals surface area contributed by atoms with Crippen molar-refractivity contribution in [2.75, 3.05) is 5.73 Å². The summed E-state index contributed by atoms with van der Waals surface area (Å²) in [5.41, 5.74) is 7.10. The highest BCUT2D eigenvalue weighted by Crippen LogP contribution is 2.18. The molecule has 6 heteroatoms. The minimum Gasteiger partial charge on any atom is -0.384 e. The van der Waals surface area contributed by atoms with Crippen molar-refractivity contribution in [1.82, 2.24) is 10.3 Å². The maximum atomic E-state index is 13.6. The van der Waals surface area contributed by atoms with E-state index in [9.17, 15) is 9.18 Å². The summed E-state index contributed by atoms with van der Waals surface area (Å²) in [7, 11) is 0. The van der Waals surface area contributed by atoms with Crippen molar-refractivity contribution >= 4 is 23.3 Å². The monoisotopic (exact) mass is 307 g/mol. The van der Waals surface area contributed by atoms with Gasteiger partial charge in [0.2, 0.25) is 0 Å². The van der Waals surface area contributed by atoms with Gasteiger partial charge >= 0.3 is 0 Å². The summed E-state index contributed by atoms with van der Waals surface area (Å²) in [6, 6.07) is 7.38. The number of hydrogen-bond donors (Lipinski definition) is 2. The summed E-state index contributed by atoms with van der Waals surface area (Å²) in [5.74, 6) is -0.481. The number of nitrogens with zero attached hydrogens (tertiary/aromatic N) is 1. The van der Waals surface area contributed by atoms with Crippen molar-refractivity contribution in [1.29, 1.82) is 0 Å². The number of aromatic nitrogens is 1. The maximum Gasteiger partial charge on any atom is 0.251 e. The van der Waals surface area contributed by atoms with Crippen molar-refractivity contribution in [2.45, 2.75) is 19.9 Å². The number of carbonyl (C=O) groups is 1. The van der Waals surface area contributed by atoms with Crippen molar-refractivity contribution in [3.63, 3.8) is 0 Å². The van der Waals surface area contributed by atoms with Crippen LogP contribution in [0.25, 0.3) is 0 Å². The lowest BCUT2D eigenvalue weighted by Crippen LogP contribution is -2.27. The molecule has 0 saturated carbocycles. The van der Waals surface area contributed by atoms with Crippen LogP contribution in [-0.4, -0.2) is 10.9 Å². The Morgan fingerprint density at radius 2 is 2.10 bits per heavy atom. The predicted octanol–water partition coefficient (Wildman–Crippen LogP) is 3.26. The average Bonchev–Trinajstić information content (AvgIpc) is 2.40. The van der Waals surface area contributed by atoms with Crippen LogP contribution in [0.2, 0.25) is 5.15 Å². The summed E-state index contributed by atoms with van der Waals surface area (Å²) >= 11 is 5.77. The zero-order chi connectivity index (χ0) is 15.6. The minimum atomic E-state index is -0.348. The van der Waals surface area contributed by atoms with Gasteiger partial charge in [-0.3, -0.25) is 4.79 Å². The van der Waals surface area contributed by atoms with Gasteiger partial charge in [-0.2, -0.15) is 0 Å². The molecular weight excluding hydrogens is 293 g/mol. The molecule has 1 atom stereocenters. The second-order valence-electron chi connectivity index (χ2n) is 4.81.